The fraction of sp³-hybridized carbons (Fsp3) is 0.333. The van der Waals surface area contributed by atoms with E-state index in [9.17, 15) is 14.0 Å². The normalized spacial score (nSPS) is 16.1. The number of carbonyl (C=O) groups is 2. The van der Waals surface area contributed by atoms with Crippen LogP contribution in [0, 0.1) is 5.82 Å². The van der Waals surface area contributed by atoms with Gasteiger partial charge in [-0.1, -0.05) is 12.1 Å². The van der Waals surface area contributed by atoms with Crippen LogP contribution in [-0.2, 0) is 11.2 Å². The number of likely N-dealkylation sites (tertiary alicyclic amines) is 1. The van der Waals surface area contributed by atoms with Gasteiger partial charge in [-0.25, -0.2) is 4.39 Å². The number of piperidine rings is 1. The van der Waals surface area contributed by atoms with Crippen molar-refractivity contribution in [1.82, 2.24) is 10.2 Å². The van der Waals surface area contributed by atoms with E-state index >= 15 is 0 Å². The highest BCUT2D eigenvalue weighted by molar-refractivity contribution is 5.95. The summed E-state index contributed by atoms with van der Waals surface area (Å²) in [6.45, 7) is 1.35. The van der Waals surface area contributed by atoms with Crippen LogP contribution in [0.15, 0.2) is 42.5 Å². The number of nitrogens with one attached hydrogen (secondary N) is 1. The second-order valence-electron chi connectivity index (χ2n) is 7.00. The van der Waals surface area contributed by atoms with Crippen LogP contribution in [0.1, 0.15) is 28.8 Å². The highest BCUT2D eigenvalue weighted by Gasteiger charge is 2.25. The summed E-state index contributed by atoms with van der Waals surface area (Å²) in [6.07, 6.45) is 1.66. The van der Waals surface area contributed by atoms with E-state index in [1.165, 1.54) is 12.1 Å². The highest BCUT2D eigenvalue weighted by Crippen LogP contribution is 2.32. The van der Waals surface area contributed by atoms with Gasteiger partial charge in [0.2, 0.25) is 12.7 Å². The first-order chi connectivity index (χ1) is 13.6. The van der Waals surface area contributed by atoms with Crippen molar-refractivity contribution in [1.29, 1.82) is 0 Å². The monoisotopic (exact) mass is 384 g/mol. The van der Waals surface area contributed by atoms with Crippen LogP contribution in [0.3, 0.4) is 0 Å². The molecule has 0 bridgehead atoms. The fourth-order valence-electron chi connectivity index (χ4n) is 3.47. The molecule has 0 saturated carbocycles. The first-order valence-corrected chi connectivity index (χ1v) is 9.31. The summed E-state index contributed by atoms with van der Waals surface area (Å²) in [5.41, 5.74) is 1.32. The molecule has 4 rings (SSSR count). The number of rotatable bonds is 4. The summed E-state index contributed by atoms with van der Waals surface area (Å²) in [5, 5.41) is 3.03. The van der Waals surface area contributed by atoms with Crippen LogP contribution in [0.5, 0.6) is 11.5 Å². The molecule has 0 radical (unpaired) electrons. The number of amides is 2. The van der Waals surface area contributed by atoms with Gasteiger partial charge in [-0.15, -0.1) is 0 Å². The second kappa shape index (κ2) is 7.88. The topological polar surface area (TPSA) is 67.9 Å². The van der Waals surface area contributed by atoms with Gasteiger partial charge in [-0.3, -0.25) is 9.59 Å². The third-order valence-corrected chi connectivity index (χ3v) is 5.09. The van der Waals surface area contributed by atoms with Gasteiger partial charge in [-0.05, 0) is 48.7 Å². The van der Waals surface area contributed by atoms with E-state index < -0.39 is 0 Å². The van der Waals surface area contributed by atoms with Gasteiger partial charge in [0.25, 0.3) is 5.91 Å². The molecule has 6 nitrogen and oxygen atoms in total. The van der Waals surface area contributed by atoms with Gasteiger partial charge in [0.15, 0.2) is 11.5 Å². The Kier molecular flexibility index (Phi) is 5.14. The molecule has 0 unspecified atom stereocenters. The Balaban J connectivity index is 1.27. The van der Waals surface area contributed by atoms with E-state index in [1.54, 1.807) is 35.2 Å². The number of fused-ring (bicyclic) bond motifs is 1. The van der Waals surface area contributed by atoms with Crippen LogP contribution in [0.25, 0.3) is 0 Å². The predicted molar refractivity (Wildman–Crippen MR) is 99.7 cm³/mol. The van der Waals surface area contributed by atoms with Gasteiger partial charge < -0.3 is 19.7 Å². The van der Waals surface area contributed by atoms with E-state index in [2.05, 4.69) is 5.32 Å². The van der Waals surface area contributed by atoms with Crippen molar-refractivity contribution in [2.24, 2.45) is 0 Å². The third kappa shape index (κ3) is 4.08. The first-order valence-electron chi connectivity index (χ1n) is 9.31. The van der Waals surface area contributed by atoms with E-state index in [0.717, 1.165) is 5.56 Å². The lowest BCUT2D eigenvalue weighted by Gasteiger charge is -2.32. The van der Waals surface area contributed by atoms with Crippen LogP contribution in [0.2, 0.25) is 0 Å². The zero-order valence-corrected chi connectivity index (χ0v) is 15.3. The van der Waals surface area contributed by atoms with E-state index in [-0.39, 0.29) is 36.9 Å². The lowest BCUT2D eigenvalue weighted by atomic mass is 10.0. The maximum atomic E-state index is 13.0. The minimum Gasteiger partial charge on any atom is -0.454 e. The zero-order chi connectivity index (χ0) is 19.5. The van der Waals surface area contributed by atoms with Crippen molar-refractivity contribution < 1.29 is 23.5 Å². The van der Waals surface area contributed by atoms with Crippen molar-refractivity contribution >= 4 is 11.8 Å². The molecular weight excluding hydrogens is 363 g/mol. The average Bonchev–Trinajstić information content (AvgIpc) is 3.18. The lowest BCUT2D eigenvalue weighted by molar-refractivity contribution is -0.131. The molecule has 2 aliphatic rings. The summed E-state index contributed by atoms with van der Waals surface area (Å²) in [6, 6.07) is 11.1. The first kappa shape index (κ1) is 18.3. The average molecular weight is 384 g/mol. The van der Waals surface area contributed by atoms with Crippen molar-refractivity contribution in [3.63, 3.8) is 0 Å². The molecule has 0 spiro atoms. The molecule has 0 aromatic heterocycles. The number of ether oxygens (including phenoxy) is 2. The SMILES string of the molecule is O=C(NC1CCN(C(=O)Cc2ccc(F)cc2)CC1)c1ccc2c(c1)OCO2. The summed E-state index contributed by atoms with van der Waals surface area (Å²) in [7, 11) is 0. The molecule has 0 atom stereocenters. The summed E-state index contributed by atoms with van der Waals surface area (Å²) in [5.74, 6) is 0.773. The molecule has 2 aromatic carbocycles. The van der Waals surface area contributed by atoms with Crippen molar-refractivity contribution in [3.05, 3.63) is 59.4 Å². The molecular formula is C21H21FN2O4. The lowest BCUT2D eigenvalue weighted by Crippen LogP contribution is -2.47. The fourth-order valence-corrected chi connectivity index (χ4v) is 3.47. The number of nitrogens with zero attached hydrogens (tertiary/aromatic N) is 1. The zero-order valence-electron chi connectivity index (χ0n) is 15.3. The summed E-state index contributed by atoms with van der Waals surface area (Å²) >= 11 is 0. The third-order valence-electron chi connectivity index (χ3n) is 5.09. The number of hydrogen-bond donors (Lipinski definition) is 1. The molecule has 0 aliphatic carbocycles. The Morgan fingerprint density at radius 2 is 1.75 bits per heavy atom. The van der Waals surface area contributed by atoms with Crippen LogP contribution >= 0.6 is 0 Å². The van der Waals surface area contributed by atoms with Crippen molar-refractivity contribution in [2.45, 2.75) is 25.3 Å². The largest absolute Gasteiger partial charge is 0.454 e. The molecule has 28 heavy (non-hydrogen) atoms. The van der Waals surface area contributed by atoms with Gasteiger partial charge >= 0.3 is 0 Å². The molecule has 1 saturated heterocycles. The van der Waals surface area contributed by atoms with Gasteiger partial charge in [0, 0.05) is 24.7 Å². The second-order valence-corrected chi connectivity index (χ2v) is 7.00. The molecule has 1 fully saturated rings. The van der Waals surface area contributed by atoms with E-state index in [1.807, 2.05) is 0 Å². The molecule has 2 amide bonds. The quantitative estimate of drug-likeness (QED) is 0.880. The number of carbonyl (C=O) groups excluding carboxylic acids is 2. The maximum absolute atomic E-state index is 13.0. The predicted octanol–water partition coefficient (Wildman–Crippen LogP) is 2.52. The Morgan fingerprint density at radius 3 is 2.50 bits per heavy atom. The Morgan fingerprint density at radius 1 is 1.04 bits per heavy atom. The molecule has 1 N–H and O–H groups in total. The van der Waals surface area contributed by atoms with Gasteiger partial charge in [0.1, 0.15) is 5.82 Å². The van der Waals surface area contributed by atoms with E-state index in [0.29, 0.717) is 43.0 Å². The minimum atomic E-state index is -0.310. The number of hydrogen-bond acceptors (Lipinski definition) is 4. The Hall–Kier alpha value is -3.09. The maximum Gasteiger partial charge on any atom is 0.251 e. The molecule has 2 aliphatic heterocycles. The molecule has 2 heterocycles. The molecule has 146 valence electrons. The Labute approximate surface area is 162 Å². The standard InChI is InChI=1S/C21H21FN2O4/c22-16-4-1-14(2-5-16)11-20(25)24-9-7-17(8-10-24)23-21(26)15-3-6-18-19(12-15)28-13-27-18/h1-6,12,17H,7-11,13H2,(H,23,26). The van der Waals surface area contributed by atoms with Gasteiger partial charge in [0.05, 0.1) is 6.42 Å². The van der Waals surface area contributed by atoms with Crippen LogP contribution < -0.4 is 14.8 Å². The molecule has 7 heteroatoms. The van der Waals surface area contributed by atoms with E-state index in [4.69, 9.17) is 9.47 Å². The highest BCUT2D eigenvalue weighted by atomic mass is 19.1. The Bertz CT molecular complexity index is 876. The number of benzene rings is 2. The smallest absolute Gasteiger partial charge is 0.251 e. The number of halogens is 1. The van der Waals surface area contributed by atoms with Gasteiger partial charge in [-0.2, -0.15) is 0 Å². The minimum absolute atomic E-state index is 0.0205. The van der Waals surface area contributed by atoms with Crippen molar-refractivity contribution in [2.75, 3.05) is 19.9 Å². The van der Waals surface area contributed by atoms with Crippen LogP contribution in [0.4, 0.5) is 4.39 Å². The van der Waals surface area contributed by atoms with Crippen molar-refractivity contribution in [3.8, 4) is 11.5 Å². The summed E-state index contributed by atoms with van der Waals surface area (Å²) < 4.78 is 23.5. The summed E-state index contributed by atoms with van der Waals surface area (Å²) in [4.78, 5) is 26.7. The van der Waals surface area contributed by atoms with Crippen LogP contribution in [-0.4, -0.2) is 42.6 Å². The molecule has 2 aromatic rings.